The van der Waals surface area contributed by atoms with Gasteiger partial charge < -0.3 is 16.0 Å². The van der Waals surface area contributed by atoms with Crippen molar-refractivity contribution in [2.24, 2.45) is 0 Å². The molecule has 5 heteroatoms. The van der Waals surface area contributed by atoms with Gasteiger partial charge in [0.25, 0.3) is 0 Å². The first kappa shape index (κ1) is 15.1. The summed E-state index contributed by atoms with van der Waals surface area (Å²) in [7, 11) is 1.59. The molecule has 0 atom stereocenters. The number of hydrogen-bond donors (Lipinski definition) is 3. The van der Waals surface area contributed by atoms with Crippen molar-refractivity contribution >= 4 is 23.3 Å². The van der Waals surface area contributed by atoms with Crippen LogP contribution >= 0.6 is 0 Å². The molecule has 3 rings (SSSR count). The molecule has 1 aliphatic carbocycles. The lowest BCUT2D eigenvalue weighted by atomic mass is 10.0. The smallest absolute Gasteiger partial charge is 0.318 e. The lowest BCUT2D eigenvalue weighted by molar-refractivity contribution is -0.115. The van der Waals surface area contributed by atoms with E-state index in [2.05, 4.69) is 16.0 Å². The van der Waals surface area contributed by atoms with Crippen molar-refractivity contribution in [1.82, 2.24) is 5.32 Å². The Hall–Kier alpha value is -2.82. The van der Waals surface area contributed by atoms with E-state index in [1.54, 1.807) is 7.05 Å². The van der Waals surface area contributed by atoms with Crippen molar-refractivity contribution in [3.63, 3.8) is 0 Å². The van der Waals surface area contributed by atoms with Crippen LogP contribution < -0.4 is 16.0 Å². The maximum atomic E-state index is 11.5. The number of rotatable bonds is 3. The van der Waals surface area contributed by atoms with E-state index in [0.717, 1.165) is 17.8 Å². The number of benzene rings is 2. The zero-order valence-electron chi connectivity index (χ0n) is 13.2. The van der Waals surface area contributed by atoms with Crippen LogP contribution in [0.3, 0.4) is 0 Å². The Morgan fingerprint density at radius 3 is 2.04 bits per heavy atom. The van der Waals surface area contributed by atoms with Gasteiger partial charge in [-0.3, -0.25) is 4.79 Å². The molecule has 0 unspecified atom stereocenters. The summed E-state index contributed by atoms with van der Waals surface area (Å²) in [4.78, 5) is 22.9. The van der Waals surface area contributed by atoms with Crippen LogP contribution in [0.15, 0.2) is 36.4 Å². The molecule has 0 aliphatic heterocycles. The Kier molecular flexibility index (Phi) is 4.02. The van der Waals surface area contributed by atoms with Crippen molar-refractivity contribution in [3.05, 3.63) is 47.5 Å². The van der Waals surface area contributed by atoms with Crippen molar-refractivity contribution in [2.75, 3.05) is 17.7 Å². The van der Waals surface area contributed by atoms with Crippen molar-refractivity contribution < 1.29 is 9.59 Å². The topological polar surface area (TPSA) is 70.2 Å². The average molecular weight is 309 g/mol. The molecule has 5 nitrogen and oxygen atoms in total. The number of anilines is 2. The lowest BCUT2D eigenvalue weighted by Gasteiger charge is -2.07. The second-order valence-corrected chi connectivity index (χ2v) is 5.53. The van der Waals surface area contributed by atoms with Gasteiger partial charge in [-0.05, 0) is 52.9 Å². The largest absolute Gasteiger partial charge is 0.341 e. The van der Waals surface area contributed by atoms with Crippen LogP contribution in [0.1, 0.15) is 24.5 Å². The van der Waals surface area contributed by atoms with Crippen LogP contribution in [0.4, 0.5) is 16.2 Å². The molecule has 118 valence electrons. The molecule has 0 bridgehead atoms. The van der Waals surface area contributed by atoms with Gasteiger partial charge >= 0.3 is 6.03 Å². The number of carbonyl (C=O) groups is 2. The highest BCUT2D eigenvalue weighted by atomic mass is 16.2. The normalized spacial score (nSPS) is 11.4. The van der Waals surface area contributed by atoms with Gasteiger partial charge in [-0.1, -0.05) is 19.1 Å². The molecule has 0 radical (unpaired) electrons. The number of nitrogens with one attached hydrogen (secondary N) is 3. The lowest BCUT2D eigenvalue weighted by Crippen LogP contribution is -2.24. The van der Waals surface area contributed by atoms with E-state index < -0.39 is 0 Å². The minimum absolute atomic E-state index is 0.0116. The maximum Gasteiger partial charge on any atom is 0.318 e. The fourth-order valence-electron chi connectivity index (χ4n) is 2.81. The van der Waals surface area contributed by atoms with Crippen molar-refractivity contribution in [2.45, 2.75) is 19.8 Å². The molecular formula is C18H19N3O2. The highest BCUT2D eigenvalue weighted by molar-refractivity contribution is 5.92. The maximum absolute atomic E-state index is 11.5. The molecule has 23 heavy (non-hydrogen) atoms. The zero-order valence-corrected chi connectivity index (χ0v) is 13.2. The minimum Gasteiger partial charge on any atom is -0.341 e. The third kappa shape index (κ3) is 3.04. The quantitative estimate of drug-likeness (QED) is 0.694. The Morgan fingerprint density at radius 1 is 0.957 bits per heavy atom. The molecule has 0 spiro atoms. The summed E-state index contributed by atoms with van der Waals surface area (Å²) in [5.74, 6) is 0.0116. The molecule has 2 aromatic rings. The van der Waals surface area contributed by atoms with E-state index in [1.807, 2.05) is 43.3 Å². The van der Waals surface area contributed by atoms with Gasteiger partial charge in [0.1, 0.15) is 0 Å². The second-order valence-electron chi connectivity index (χ2n) is 5.53. The molecule has 2 aromatic carbocycles. The standard InChI is InChI=1S/C18H19N3O2/c1-3-17(22)20-13-4-6-15-11(9-13)8-12-10-14(5-7-16(12)15)21-18(23)19-2/h4-7,9-10H,3,8H2,1-2H3,(H,20,22)(H2,19,21,23). The summed E-state index contributed by atoms with van der Waals surface area (Å²) in [6, 6.07) is 11.7. The molecule has 1 aliphatic rings. The number of fused-ring (bicyclic) bond motifs is 3. The van der Waals surface area contributed by atoms with Crippen LogP contribution in [0.2, 0.25) is 0 Å². The SMILES string of the molecule is CCC(=O)Nc1ccc2c(c1)Cc1cc(NC(=O)NC)ccc1-2. The zero-order chi connectivity index (χ0) is 16.4. The molecule has 0 fully saturated rings. The summed E-state index contributed by atoms with van der Waals surface area (Å²) >= 11 is 0. The monoisotopic (exact) mass is 309 g/mol. The number of carbonyl (C=O) groups excluding carboxylic acids is 2. The van der Waals surface area contributed by atoms with Gasteiger partial charge in [0.2, 0.25) is 5.91 Å². The molecular weight excluding hydrogens is 290 g/mol. The first-order chi connectivity index (χ1) is 11.1. The first-order valence-corrected chi connectivity index (χ1v) is 7.65. The fraction of sp³-hybridized carbons (Fsp3) is 0.222. The molecule has 3 amide bonds. The predicted octanol–water partition coefficient (Wildman–Crippen LogP) is 3.36. The van der Waals surface area contributed by atoms with E-state index in [1.165, 1.54) is 22.3 Å². The number of urea groups is 1. The van der Waals surface area contributed by atoms with Crippen LogP contribution in [0.5, 0.6) is 0 Å². The van der Waals surface area contributed by atoms with Gasteiger partial charge in [0, 0.05) is 24.8 Å². The predicted molar refractivity (Wildman–Crippen MR) is 91.7 cm³/mol. The summed E-state index contributed by atoms with van der Waals surface area (Å²) in [5.41, 5.74) is 6.32. The third-order valence-corrected chi connectivity index (χ3v) is 3.97. The first-order valence-electron chi connectivity index (χ1n) is 7.65. The van der Waals surface area contributed by atoms with E-state index in [-0.39, 0.29) is 11.9 Å². The Balaban J connectivity index is 1.85. The van der Waals surface area contributed by atoms with Crippen LogP contribution in [-0.2, 0) is 11.2 Å². The summed E-state index contributed by atoms with van der Waals surface area (Å²) in [5, 5.41) is 8.21. The van der Waals surface area contributed by atoms with Gasteiger partial charge in [-0.25, -0.2) is 4.79 Å². The number of hydrogen-bond acceptors (Lipinski definition) is 2. The van der Waals surface area contributed by atoms with Gasteiger partial charge in [0.15, 0.2) is 0 Å². The van der Waals surface area contributed by atoms with Crippen molar-refractivity contribution in [1.29, 1.82) is 0 Å². The Bertz CT molecular complexity index is 718. The van der Waals surface area contributed by atoms with E-state index in [0.29, 0.717) is 6.42 Å². The van der Waals surface area contributed by atoms with Gasteiger partial charge in [-0.15, -0.1) is 0 Å². The Morgan fingerprint density at radius 2 is 1.52 bits per heavy atom. The highest BCUT2D eigenvalue weighted by Gasteiger charge is 2.19. The minimum atomic E-state index is -0.231. The summed E-state index contributed by atoms with van der Waals surface area (Å²) < 4.78 is 0. The second kappa shape index (κ2) is 6.12. The molecule has 0 saturated carbocycles. The molecule has 0 aromatic heterocycles. The van der Waals surface area contributed by atoms with Crippen molar-refractivity contribution in [3.8, 4) is 11.1 Å². The molecule has 3 N–H and O–H groups in total. The summed E-state index contributed by atoms with van der Waals surface area (Å²) in [6.45, 7) is 1.83. The highest BCUT2D eigenvalue weighted by Crippen LogP contribution is 2.39. The molecule has 0 heterocycles. The van der Waals surface area contributed by atoms with Gasteiger partial charge in [0.05, 0.1) is 0 Å². The van der Waals surface area contributed by atoms with E-state index >= 15 is 0 Å². The van der Waals surface area contributed by atoms with Gasteiger partial charge in [-0.2, -0.15) is 0 Å². The summed E-state index contributed by atoms with van der Waals surface area (Å²) in [6.07, 6.45) is 1.26. The Labute approximate surface area is 135 Å². The fourth-order valence-corrected chi connectivity index (χ4v) is 2.81. The van der Waals surface area contributed by atoms with E-state index in [4.69, 9.17) is 0 Å². The molecule has 0 saturated heterocycles. The van der Waals surface area contributed by atoms with Crippen LogP contribution in [-0.4, -0.2) is 19.0 Å². The third-order valence-electron chi connectivity index (χ3n) is 3.97. The van der Waals surface area contributed by atoms with E-state index in [9.17, 15) is 9.59 Å². The average Bonchev–Trinajstić information content (AvgIpc) is 2.91. The van der Waals surface area contributed by atoms with Crippen LogP contribution in [0.25, 0.3) is 11.1 Å². The van der Waals surface area contributed by atoms with Crippen LogP contribution in [0, 0.1) is 0 Å². The number of amides is 3.